The third-order valence-electron chi connectivity index (χ3n) is 4.87. The molecule has 146 valence electrons. The Labute approximate surface area is 162 Å². The van der Waals surface area contributed by atoms with E-state index in [4.69, 9.17) is 10.5 Å². The van der Waals surface area contributed by atoms with Crippen LogP contribution in [0.4, 0.5) is 10.6 Å². The molecule has 3 aromatic rings. The fourth-order valence-electron chi connectivity index (χ4n) is 3.47. The summed E-state index contributed by atoms with van der Waals surface area (Å²) in [7, 11) is 0. The molecular weight excluding hydrogens is 358 g/mol. The molecule has 0 unspecified atom stereocenters. The van der Waals surface area contributed by atoms with E-state index in [1.165, 1.54) is 6.33 Å². The van der Waals surface area contributed by atoms with E-state index in [0.717, 1.165) is 12.8 Å². The number of rotatable bonds is 4. The van der Waals surface area contributed by atoms with Gasteiger partial charge < -0.3 is 20.7 Å². The Morgan fingerprint density at radius 2 is 2.00 bits per heavy atom. The number of nitrogens with two attached hydrogens (primary N) is 1. The molecule has 1 aliphatic heterocycles. The van der Waals surface area contributed by atoms with Crippen LogP contribution in [0.5, 0.6) is 11.6 Å². The number of amides is 2. The summed E-state index contributed by atoms with van der Waals surface area (Å²) in [6.45, 7) is 3.86. The van der Waals surface area contributed by atoms with Crippen molar-refractivity contribution in [3.8, 4) is 11.6 Å². The number of carbonyl (C=O) groups excluding carboxylic acids is 1. The third kappa shape index (κ3) is 3.42. The van der Waals surface area contributed by atoms with Gasteiger partial charge in [0.1, 0.15) is 23.3 Å². The van der Waals surface area contributed by atoms with Crippen molar-refractivity contribution in [3.05, 3.63) is 36.7 Å². The van der Waals surface area contributed by atoms with Gasteiger partial charge in [0, 0.05) is 19.6 Å². The zero-order valence-corrected chi connectivity index (χ0v) is 15.7. The predicted molar refractivity (Wildman–Crippen MR) is 105 cm³/mol. The maximum atomic E-state index is 12.0. The van der Waals surface area contributed by atoms with Crippen molar-refractivity contribution in [2.24, 2.45) is 0 Å². The number of hydrogen-bond acceptors (Lipinski definition) is 6. The SMILES string of the molecule is CCNC(=O)N1CCC(n2nc(Oc3ccccc3)c3c(N)ncnc32)CC1. The molecular formula is C19H23N7O2. The Kier molecular flexibility index (Phi) is 4.96. The Balaban J connectivity index is 1.62. The lowest BCUT2D eigenvalue weighted by atomic mass is 10.1. The number of ether oxygens (including phenoxy) is 1. The molecule has 0 atom stereocenters. The Morgan fingerprint density at radius 1 is 1.25 bits per heavy atom. The van der Waals surface area contributed by atoms with Crippen molar-refractivity contribution >= 4 is 22.9 Å². The number of piperidine rings is 1. The van der Waals surface area contributed by atoms with Crippen LogP contribution in [0.2, 0.25) is 0 Å². The smallest absolute Gasteiger partial charge is 0.317 e. The van der Waals surface area contributed by atoms with E-state index in [1.54, 1.807) is 0 Å². The van der Waals surface area contributed by atoms with Gasteiger partial charge >= 0.3 is 6.03 Å². The first-order valence-corrected chi connectivity index (χ1v) is 9.41. The molecule has 1 fully saturated rings. The zero-order chi connectivity index (χ0) is 19.5. The molecule has 0 bridgehead atoms. The number of likely N-dealkylation sites (tertiary alicyclic amines) is 1. The van der Waals surface area contributed by atoms with Crippen LogP contribution in [-0.2, 0) is 0 Å². The number of nitrogen functional groups attached to an aromatic ring is 1. The van der Waals surface area contributed by atoms with Crippen LogP contribution < -0.4 is 15.8 Å². The lowest BCUT2D eigenvalue weighted by Crippen LogP contribution is -2.44. The number of nitrogens with zero attached hydrogens (tertiary/aromatic N) is 5. The van der Waals surface area contributed by atoms with Crippen molar-refractivity contribution in [2.45, 2.75) is 25.8 Å². The molecule has 3 heterocycles. The fraction of sp³-hybridized carbons (Fsp3) is 0.368. The van der Waals surface area contributed by atoms with Gasteiger partial charge in [-0.1, -0.05) is 18.2 Å². The quantitative estimate of drug-likeness (QED) is 0.718. The molecule has 9 heteroatoms. The predicted octanol–water partition coefficient (Wildman–Crippen LogP) is 2.57. The second kappa shape index (κ2) is 7.71. The molecule has 0 aliphatic carbocycles. The van der Waals surface area contributed by atoms with Gasteiger partial charge in [0.2, 0.25) is 0 Å². The van der Waals surface area contributed by atoms with Gasteiger partial charge in [0.05, 0.1) is 6.04 Å². The number of urea groups is 1. The lowest BCUT2D eigenvalue weighted by Gasteiger charge is -2.32. The molecule has 0 spiro atoms. The molecule has 28 heavy (non-hydrogen) atoms. The average Bonchev–Trinajstić information content (AvgIpc) is 3.09. The highest BCUT2D eigenvalue weighted by Crippen LogP contribution is 2.34. The van der Waals surface area contributed by atoms with Crippen molar-refractivity contribution < 1.29 is 9.53 Å². The number of hydrogen-bond donors (Lipinski definition) is 2. The highest BCUT2D eigenvalue weighted by atomic mass is 16.5. The summed E-state index contributed by atoms with van der Waals surface area (Å²) < 4.78 is 7.83. The Hall–Kier alpha value is -3.36. The van der Waals surface area contributed by atoms with E-state index >= 15 is 0 Å². The van der Waals surface area contributed by atoms with Crippen LogP contribution in [0.1, 0.15) is 25.8 Å². The number of aromatic nitrogens is 4. The molecule has 0 saturated carbocycles. The number of benzene rings is 1. The topological polar surface area (TPSA) is 111 Å². The third-order valence-corrected chi connectivity index (χ3v) is 4.87. The summed E-state index contributed by atoms with van der Waals surface area (Å²) in [5.74, 6) is 1.40. The van der Waals surface area contributed by atoms with E-state index in [1.807, 2.05) is 46.8 Å². The number of carbonyl (C=O) groups is 1. The maximum absolute atomic E-state index is 12.0. The maximum Gasteiger partial charge on any atom is 0.317 e. The molecule has 4 rings (SSSR count). The average molecular weight is 381 g/mol. The molecule has 0 radical (unpaired) electrons. The van der Waals surface area contributed by atoms with Crippen molar-refractivity contribution in [1.82, 2.24) is 30.0 Å². The summed E-state index contributed by atoms with van der Waals surface area (Å²) in [4.78, 5) is 22.4. The van der Waals surface area contributed by atoms with Crippen LogP contribution in [0.3, 0.4) is 0 Å². The van der Waals surface area contributed by atoms with Crippen LogP contribution in [0.15, 0.2) is 36.7 Å². The number of anilines is 1. The van der Waals surface area contributed by atoms with Gasteiger partial charge in [-0.3, -0.25) is 0 Å². The van der Waals surface area contributed by atoms with Crippen LogP contribution >= 0.6 is 0 Å². The number of fused-ring (bicyclic) bond motifs is 1. The monoisotopic (exact) mass is 381 g/mol. The van der Waals surface area contributed by atoms with Gasteiger partial charge in [-0.25, -0.2) is 19.4 Å². The van der Waals surface area contributed by atoms with E-state index in [9.17, 15) is 4.79 Å². The van der Waals surface area contributed by atoms with E-state index in [2.05, 4.69) is 20.4 Å². The summed E-state index contributed by atoms with van der Waals surface area (Å²) >= 11 is 0. The van der Waals surface area contributed by atoms with Gasteiger partial charge in [-0.15, -0.1) is 5.10 Å². The minimum atomic E-state index is -0.0223. The van der Waals surface area contributed by atoms with Gasteiger partial charge in [-0.05, 0) is 31.9 Å². The summed E-state index contributed by atoms with van der Waals surface area (Å²) in [6, 6.07) is 9.51. The number of para-hydroxylation sites is 1. The van der Waals surface area contributed by atoms with Gasteiger partial charge in [0.15, 0.2) is 5.65 Å². The van der Waals surface area contributed by atoms with Gasteiger partial charge in [-0.2, -0.15) is 0 Å². The van der Waals surface area contributed by atoms with Crippen molar-refractivity contribution in [1.29, 1.82) is 0 Å². The summed E-state index contributed by atoms with van der Waals surface area (Å²) in [5.41, 5.74) is 6.75. The standard InChI is InChI=1S/C19H23N7O2/c1-2-21-19(27)25-10-8-13(9-11-25)26-17-15(16(20)22-12-23-17)18(24-26)28-14-6-4-3-5-7-14/h3-7,12-13H,2,8-11H2,1H3,(H,21,27)(H2,20,22,23). The normalized spacial score (nSPS) is 15.0. The Bertz CT molecular complexity index is 965. The first-order valence-electron chi connectivity index (χ1n) is 9.41. The molecule has 3 N–H and O–H groups in total. The summed E-state index contributed by atoms with van der Waals surface area (Å²) in [6.07, 6.45) is 3.00. The molecule has 2 amide bonds. The summed E-state index contributed by atoms with van der Waals surface area (Å²) in [5, 5.41) is 8.12. The van der Waals surface area contributed by atoms with Crippen molar-refractivity contribution in [3.63, 3.8) is 0 Å². The van der Waals surface area contributed by atoms with Crippen LogP contribution in [-0.4, -0.2) is 50.3 Å². The number of nitrogens with one attached hydrogen (secondary N) is 1. The second-order valence-electron chi connectivity index (χ2n) is 6.68. The first kappa shape index (κ1) is 18.0. The van der Waals surface area contributed by atoms with Crippen LogP contribution in [0.25, 0.3) is 11.0 Å². The zero-order valence-electron chi connectivity index (χ0n) is 15.7. The molecule has 2 aromatic heterocycles. The van der Waals surface area contributed by atoms with E-state index < -0.39 is 0 Å². The highest BCUT2D eigenvalue weighted by Gasteiger charge is 2.28. The first-order chi connectivity index (χ1) is 13.7. The second-order valence-corrected chi connectivity index (χ2v) is 6.68. The molecule has 1 aliphatic rings. The van der Waals surface area contributed by atoms with Gasteiger partial charge in [0.25, 0.3) is 5.88 Å². The molecule has 1 saturated heterocycles. The largest absolute Gasteiger partial charge is 0.437 e. The fourth-order valence-corrected chi connectivity index (χ4v) is 3.47. The highest BCUT2D eigenvalue weighted by molar-refractivity contribution is 5.90. The lowest BCUT2D eigenvalue weighted by molar-refractivity contribution is 0.169. The minimum absolute atomic E-state index is 0.0223. The Morgan fingerprint density at radius 3 is 2.71 bits per heavy atom. The van der Waals surface area contributed by atoms with E-state index in [-0.39, 0.29) is 12.1 Å². The van der Waals surface area contributed by atoms with E-state index in [0.29, 0.717) is 48.1 Å². The molecule has 1 aromatic carbocycles. The molecule has 9 nitrogen and oxygen atoms in total. The van der Waals surface area contributed by atoms with Crippen LogP contribution in [0, 0.1) is 0 Å². The van der Waals surface area contributed by atoms with Crippen molar-refractivity contribution in [2.75, 3.05) is 25.4 Å². The minimum Gasteiger partial charge on any atom is -0.437 e.